The summed E-state index contributed by atoms with van der Waals surface area (Å²) in [6, 6.07) is 0. The SMILES string of the molecule is [Li][C]1=CCC(C)=C1C. The van der Waals surface area contributed by atoms with Crippen LogP contribution in [0, 0.1) is 0 Å². The van der Waals surface area contributed by atoms with Crippen molar-refractivity contribution < 1.29 is 0 Å². The topological polar surface area (TPSA) is 0 Å². The molecule has 1 aliphatic carbocycles. The molecule has 0 spiro atoms. The van der Waals surface area contributed by atoms with Crippen molar-refractivity contribution in [2.75, 3.05) is 0 Å². The maximum absolute atomic E-state index is 2.28. The molecule has 0 heterocycles. The summed E-state index contributed by atoms with van der Waals surface area (Å²) in [5, 5.41) is 0. The molecule has 1 heteroatoms. The van der Waals surface area contributed by atoms with E-state index in [4.69, 9.17) is 0 Å². The molecule has 0 nitrogen and oxygen atoms in total. The van der Waals surface area contributed by atoms with Crippen molar-refractivity contribution in [3.05, 3.63) is 21.5 Å². The van der Waals surface area contributed by atoms with E-state index >= 15 is 0 Å². The maximum atomic E-state index is 2.28. The molecule has 0 aliphatic heterocycles. The number of hydrogen-bond donors (Lipinski definition) is 0. The van der Waals surface area contributed by atoms with Crippen LogP contribution < -0.4 is 0 Å². The summed E-state index contributed by atoms with van der Waals surface area (Å²) >= 11 is 2.17. The molecule has 0 amide bonds. The first-order valence-electron chi connectivity index (χ1n) is 3.05. The van der Waals surface area contributed by atoms with Gasteiger partial charge in [0.1, 0.15) is 0 Å². The van der Waals surface area contributed by atoms with E-state index in [1.165, 1.54) is 21.8 Å². The Morgan fingerprint density at radius 2 is 2.12 bits per heavy atom. The van der Waals surface area contributed by atoms with E-state index in [1.54, 1.807) is 0 Å². The zero-order valence-electron chi connectivity index (χ0n) is 5.78. The Balaban J connectivity index is 2.88. The van der Waals surface area contributed by atoms with Gasteiger partial charge >= 0.3 is 59.5 Å². The van der Waals surface area contributed by atoms with E-state index in [1.807, 2.05) is 0 Å². The van der Waals surface area contributed by atoms with Gasteiger partial charge in [0.2, 0.25) is 0 Å². The fraction of sp³-hybridized carbons (Fsp3) is 0.429. The van der Waals surface area contributed by atoms with Crippen molar-refractivity contribution in [2.45, 2.75) is 20.3 Å². The monoisotopic (exact) mass is 100 g/mol. The normalized spacial score (nSPS) is 19.8. The van der Waals surface area contributed by atoms with Crippen molar-refractivity contribution in [1.29, 1.82) is 0 Å². The molecule has 0 aromatic heterocycles. The summed E-state index contributed by atoms with van der Waals surface area (Å²) in [7, 11) is 0. The van der Waals surface area contributed by atoms with Crippen LogP contribution in [0.5, 0.6) is 0 Å². The van der Waals surface area contributed by atoms with Gasteiger partial charge in [-0.25, -0.2) is 0 Å². The molecule has 0 aromatic carbocycles. The van der Waals surface area contributed by atoms with E-state index in [-0.39, 0.29) is 0 Å². The Morgan fingerprint density at radius 3 is 2.25 bits per heavy atom. The van der Waals surface area contributed by atoms with Crippen LogP contribution in [-0.2, 0) is 0 Å². The van der Waals surface area contributed by atoms with Gasteiger partial charge in [0, 0.05) is 0 Å². The minimum absolute atomic E-state index is 1.18. The molecular formula is C7H9Li. The van der Waals surface area contributed by atoms with Gasteiger partial charge in [-0.2, -0.15) is 0 Å². The molecule has 0 radical (unpaired) electrons. The first kappa shape index (κ1) is 6.20. The Bertz CT molecular complexity index is 158. The van der Waals surface area contributed by atoms with E-state index in [9.17, 15) is 0 Å². The van der Waals surface area contributed by atoms with E-state index < -0.39 is 0 Å². The molecule has 1 rings (SSSR count). The standard InChI is InChI=1S/C7H9.Li/c1-6-4-3-5-7(6)2;/h3H,4H2,1-2H3;. The Labute approximate surface area is 59.9 Å². The molecule has 0 atom stereocenters. The average molecular weight is 100 g/mol. The predicted octanol–water partition coefficient (Wildman–Crippen LogP) is 1.78. The van der Waals surface area contributed by atoms with Crippen molar-refractivity contribution in [3.63, 3.8) is 0 Å². The average Bonchev–Trinajstić information content (AvgIpc) is 1.98. The first-order chi connectivity index (χ1) is 3.72. The van der Waals surface area contributed by atoms with Crippen molar-refractivity contribution >= 4 is 17.7 Å². The van der Waals surface area contributed by atoms with E-state index in [2.05, 4.69) is 37.6 Å². The van der Waals surface area contributed by atoms with Crippen LogP contribution >= 0.6 is 0 Å². The third kappa shape index (κ3) is 0.916. The van der Waals surface area contributed by atoms with Crippen LogP contribution in [-0.4, -0.2) is 17.7 Å². The molecule has 0 fully saturated rings. The summed E-state index contributed by atoms with van der Waals surface area (Å²) in [5.41, 5.74) is 3.02. The number of allylic oxidation sites excluding steroid dienone is 4. The molecule has 8 heavy (non-hydrogen) atoms. The van der Waals surface area contributed by atoms with Gasteiger partial charge in [-0.1, -0.05) is 0 Å². The van der Waals surface area contributed by atoms with Crippen molar-refractivity contribution in [1.82, 2.24) is 0 Å². The zero-order chi connectivity index (χ0) is 6.15. The second-order valence-corrected chi connectivity index (χ2v) is 2.50. The van der Waals surface area contributed by atoms with Gasteiger partial charge in [0.25, 0.3) is 0 Å². The summed E-state index contributed by atoms with van der Waals surface area (Å²) < 4.78 is 1.46. The third-order valence-corrected chi connectivity index (χ3v) is 1.95. The molecule has 0 bridgehead atoms. The number of hydrogen-bond acceptors (Lipinski definition) is 0. The zero-order valence-corrected chi connectivity index (χ0v) is 5.78. The van der Waals surface area contributed by atoms with Crippen LogP contribution in [0.4, 0.5) is 0 Å². The molecular weight excluding hydrogens is 91.0 g/mol. The molecule has 0 aromatic rings. The molecule has 0 unspecified atom stereocenters. The number of rotatable bonds is 0. The predicted molar refractivity (Wildman–Crippen MR) is 36.8 cm³/mol. The fourth-order valence-electron chi connectivity index (χ4n) is 0.949. The molecule has 1 aliphatic rings. The second-order valence-electron chi connectivity index (χ2n) is 2.50. The molecule has 38 valence electrons. The summed E-state index contributed by atoms with van der Waals surface area (Å²) in [6.45, 7) is 4.39. The first-order valence-corrected chi connectivity index (χ1v) is 3.05. The molecule has 0 saturated carbocycles. The Hall–Kier alpha value is 0.0774. The van der Waals surface area contributed by atoms with Crippen LogP contribution in [0.3, 0.4) is 0 Å². The van der Waals surface area contributed by atoms with Crippen LogP contribution in [0.25, 0.3) is 0 Å². The molecule has 0 N–H and O–H groups in total. The van der Waals surface area contributed by atoms with Crippen LogP contribution in [0.2, 0.25) is 0 Å². The Kier molecular flexibility index (Phi) is 1.65. The quantitative estimate of drug-likeness (QED) is 0.407. The summed E-state index contributed by atoms with van der Waals surface area (Å²) in [5.74, 6) is 0. The van der Waals surface area contributed by atoms with Crippen molar-refractivity contribution in [3.8, 4) is 0 Å². The van der Waals surface area contributed by atoms with Crippen LogP contribution in [0.1, 0.15) is 20.3 Å². The van der Waals surface area contributed by atoms with Gasteiger partial charge in [0.15, 0.2) is 0 Å². The summed E-state index contributed by atoms with van der Waals surface area (Å²) in [4.78, 5) is 0. The fourth-order valence-corrected chi connectivity index (χ4v) is 0.949. The van der Waals surface area contributed by atoms with Gasteiger partial charge in [0.05, 0.1) is 0 Å². The van der Waals surface area contributed by atoms with Gasteiger partial charge < -0.3 is 0 Å². The van der Waals surface area contributed by atoms with Crippen molar-refractivity contribution in [2.24, 2.45) is 0 Å². The summed E-state index contributed by atoms with van der Waals surface area (Å²) in [6.07, 6.45) is 3.46. The minimum atomic E-state index is 1.18. The van der Waals surface area contributed by atoms with Gasteiger partial charge in [-0.3, -0.25) is 0 Å². The van der Waals surface area contributed by atoms with Gasteiger partial charge in [-0.05, 0) is 0 Å². The van der Waals surface area contributed by atoms with Crippen LogP contribution in [0.15, 0.2) is 21.5 Å². The third-order valence-electron chi connectivity index (χ3n) is 1.95. The molecule has 0 saturated heterocycles. The van der Waals surface area contributed by atoms with Gasteiger partial charge in [-0.15, -0.1) is 0 Å². The van der Waals surface area contributed by atoms with E-state index in [0.29, 0.717) is 0 Å². The second kappa shape index (κ2) is 2.13. The van der Waals surface area contributed by atoms with E-state index in [0.717, 1.165) is 0 Å². The Morgan fingerprint density at radius 1 is 1.50 bits per heavy atom.